The largest absolute Gasteiger partial charge is 0.325 e. The molecule has 5 nitrogen and oxygen atoms in total. The molecule has 1 fully saturated rings. The van der Waals surface area contributed by atoms with Crippen molar-refractivity contribution in [1.29, 1.82) is 0 Å². The van der Waals surface area contributed by atoms with Crippen LogP contribution in [0.5, 0.6) is 0 Å². The van der Waals surface area contributed by atoms with E-state index < -0.39 is 6.04 Å². The fourth-order valence-corrected chi connectivity index (χ4v) is 3.29. The number of pyridine rings is 1. The maximum Gasteiger partial charge on any atom is 0.248 e. The average molecular weight is 305 g/mol. The Morgan fingerprint density at radius 3 is 2.95 bits per heavy atom. The number of carbonyl (C=O) groups excluding carboxylic acids is 2. The Labute approximate surface area is 128 Å². The third kappa shape index (κ3) is 3.64. The molecule has 1 aliphatic rings. The van der Waals surface area contributed by atoms with Gasteiger partial charge < -0.3 is 10.2 Å². The third-order valence-corrected chi connectivity index (χ3v) is 4.42. The molecule has 0 bridgehead atoms. The van der Waals surface area contributed by atoms with E-state index in [2.05, 4.69) is 16.9 Å². The lowest BCUT2D eigenvalue weighted by atomic mass is 10.2. The maximum absolute atomic E-state index is 12.5. The second-order valence-electron chi connectivity index (χ2n) is 4.96. The summed E-state index contributed by atoms with van der Waals surface area (Å²) in [6.07, 6.45) is 2.91. The number of nitrogens with one attached hydrogen (secondary N) is 1. The van der Waals surface area contributed by atoms with Gasteiger partial charge in [0.05, 0.1) is 11.9 Å². The van der Waals surface area contributed by atoms with Gasteiger partial charge in [-0.1, -0.05) is 6.58 Å². The number of hydrogen-bond donors (Lipinski definition) is 1. The minimum Gasteiger partial charge on any atom is -0.325 e. The van der Waals surface area contributed by atoms with Crippen molar-refractivity contribution in [2.45, 2.75) is 19.9 Å². The van der Waals surface area contributed by atoms with Crippen LogP contribution in [-0.4, -0.2) is 45.8 Å². The number of aryl methyl sites for hydroxylation is 2. The van der Waals surface area contributed by atoms with E-state index in [1.807, 2.05) is 19.9 Å². The van der Waals surface area contributed by atoms with E-state index in [9.17, 15) is 9.59 Å². The molecule has 1 saturated heterocycles. The van der Waals surface area contributed by atoms with Crippen LogP contribution in [0.1, 0.15) is 11.3 Å². The van der Waals surface area contributed by atoms with Gasteiger partial charge in [0.15, 0.2) is 0 Å². The quantitative estimate of drug-likeness (QED) is 0.865. The smallest absolute Gasteiger partial charge is 0.248 e. The van der Waals surface area contributed by atoms with Crippen LogP contribution in [0.4, 0.5) is 5.69 Å². The van der Waals surface area contributed by atoms with Crippen molar-refractivity contribution in [2.24, 2.45) is 0 Å². The van der Waals surface area contributed by atoms with Crippen molar-refractivity contribution < 1.29 is 9.59 Å². The molecule has 6 heteroatoms. The zero-order valence-electron chi connectivity index (χ0n) is 12.3. The molecule has 2 rings (SSSR count). The maximum atomic E-state index is 12.5. The second-order valence-corrected chi connectivity index (χ2v) is 6.11. The number of carbonyl (C=O) groups is 2. The van der Waals surface area contributed by atoms with E-state index in [1.54, 1.807) is 22.9 Å². The van der Waals surface area contributed by atoms with Gasteiger partial charge in [0.25, 0.3) is 0 Å². The lowest BCUT2D eigenvalue weighted by Gasteiger charge is -2.33. The number of rotatable bonds is 3. The van der Waals surface area contributed by atoms with Crippen LogP contribution in [0.3, 0.4) is 0 Å². The van der Waals surface area contributed by atoms with Gasteiger partial charge in [-0.15, -0.1) is 0 Å². The summed E-state index contributed by atoms with van der Waals surface area (Å²) in [4.78, 5) is 30.1. The highest BCUT2D eigenvalue weighted by Gasteiger charge is 2.31. The molecule has 0 saturated carbocycles. The van der Waals surface area contributed by atoms with Gasteiger partial charge in [0.1, 0.15) is 6.04 Å². The minimum absolute atomic E-state index is 0.175. The molecule has 1 N–H and O–H groups in total. The molecule has 1 unspecified atom stereocenters. The number of thioether (sulfide) groups is 1. The van der Waals surface area contributed by atoms with Gasteiger partial charge >= 0.3 is 0 Å². The Balaban J connectivity index is 2.13. The molecule has 2 heterocycles. The summed E-state index contributed by atoms with van der Waals surface area (Å²) in [5.41, 5.74) is 2.55. The zero-order chi connectivity index (χ0) is 15.4. The van der Waals surface area contributed by atoms with Crippen molar-refractivity contribution >= 4 is 29.3 Å². The van der Waals surface area contributed by atoms with Crippen LogP contribution in [0.25, 0.3) is 0 Å². The summed E-state index contributed by atoms with van der Waals surface area (Å²) in [5.74, 6) is 1.07. The highest BCUT2D eigenvalue weighted by molar-refractivity contribution is 7.99. The van der Waals surface area contributed by atoms with Gasteiger partial charge in [-0.05, 0) is 31.6 Å². The molecule has 0 aromatic carbocycles. The van der Waals surface area contributed by atoms with Crippen molar-refractivity contribution in [3.05, 3.63) is 36.2 Å². The molecule has 1 atom stereocenters. The fourth-order valence-electron chi connectivity index (χ4n) is 2.25. The highest BCUT2D eigenvalue weighted by atomic mass is 32.2. The second kappa shape index (κ2) is 6.76. The Kier molecular flexibility index (Phi) is 5.01. The monoisotopic (exact) mass is 305 g/mol. The van der Waals surface area contributed by atoms with Crippen LogP contribution < -0.4 is 5.32 Å². The van der Waals surface area contributed by atoms with Crippen molar-refractivity contribution in [2.75, 3.05) is 23.4 Å². The first-order valence-electron chi connectivity index (χ1n) is 6.78. The first-order chi connectivity index (χ1) is 10.0. The number of hydrogen-bond acceptors (Lipinski definition) is 4. The lowest BCUT2D eigenvalue weighted by Crippen LogP contribution is -2.51. The molecule has 1 aromatic rings. The normalized spacial score (nSPS) is 18.2. The molecule has 1 aliphatic heterocycles. The van der Waals surface area contributed by atoms with Gasteiger partial charge in [0, 0.05) is 23.7 Å². The molecular weight excluding hydrogens is 286 g/mol. The molecule has 0 radical (unpaired) electrons. The zero-order valence-corrected chi connectivity index (χ0v) is 13.1. The van der Waals surface area contributed by atoms with E-state index in [0.29, 0.717) is 18.0 Å². The molecule has 112 valence electrons. The molecule has 1 aromatic heterocycles. The summed E-state index contributed by atoms with van der Waals surface area (Å²) in [6, 6.07) is 1.45. The topological polar surface area (TPSA) is 62.3 Å². The number of aromatic nitrogens is 1. The molecule has 0 aliphatic carbocycles. The van der Waals surface area contributed by atoms with Crippen LogP contribution in [0.2, 0.25) is 0 Å². The molecule has 2 amide bonds. The summed E-state index contributed by atoms with van der Waals surface area (Å²) < 4.78 is 0. The van der Waals surface area contributed by atoms with Crippen LogP contribution in [-0.2, 0) is 9.59 Å². The van der Waals surface area contributed by atoms with Gasteiger partial charge in [-0.25, -0.2) is 0 Å². The summed E-state index contributed by atoms with van der Waals surface area (Å²) in [5, 5.41) is 2.87. The SMILES string of the molecule is C=CC(=O)N1CCSCC1C(=O)Nc1cnc(C)cc1C. The van der Waals surface area contributed by atoms with Crippen molar-refractivity contribution in [1.82, 2.24) is 9.88 Å². The predicted molar refractivity (Wildman–Crippen MR) is 85.4 cm³/mol. The van der Waals surface area contributed by atoms with Crippen molar-refractivity contribution in [3.8, 4) is 0 Å². The third-order valence-electron chi connectivity index (χ3n) is 3.39. The Hall–Kier alpha value is -1.82. The average Bonchev–Trinajstić information content (AvgIpc) is 2.49. The standard InChI is InChI=1S/C15H19N3O2S/c1-4-14(19)18-5-6-21-9-13(18)15(20)17-12-8-16-11(3)7-10(12)2/h4,7-8,13H,1,5-6,9H2,2-3H3,(H,17,20). The molecule has 21 heavy (non-hydrogen) atoms. The Bertz CT molecular complexity index is 574. The van der Waals surface area contributed by atoms with E-state index in [1.165, 1.54) is 6.08 Å². The first kappa shape index (κ1) is 15.6. The number of anilines is 1. The minimum atomic E-state index is -0.463. The first-order valence-corrected chi connectivity index (χ1v) is 7.93. The molecular formula is C15H19N3O2S. The van der Waals surface area contributed by atoms with E-state index >= 15 is 0 Å². The van der Waals surface area contributed by atoms with E-state index in [0.717, 1.165) is 17.0 Å². The fraction of sp³-hybridized carbons (Fsp3) is 0.400. The van der Waals surface area contributed by atoms with Gasteiger partial charge in [-0.2, -0.15) is 11.8 Å². The van der Waals surface area contributed by atoms with Gasteiger partial charge in [-0.3, -0.25) is 14.6 Å². The summed E-state index contributed by atoms with van der Waals surface area (Å²) in [6.45, 7) is 7.89. The van der Waals surface area contributed by atoms with Crippen LogP contribution in [0.15, 0.2) is 24.9 Å². The van der Waals surface area contributed by atoms with E-state index in [-0.39, 0.29) is 11.8 Å². The highest BCUT2D eigenvalue weighted by Crippen LogP contribution is 2.20. The number of amides is 2. The number of nitrogens with zero attached hydrogens (tertiary/aromatic N) is 2. The van der Waals surface area contributed by atoms with Gasteiger partial charge in [0.2, 0.25) is 11.8 Å². The Morgan fingerprint density at radius 1 is 1.52 bits per heavy atom. The summed E-state index contributed by atoms with van der Waals surface area (Å²) >= 11 is 1.68. The lowest BCUT2D eigenvalue weighted by molar-refractivity contribution is -0.133. The molecule has 0 spiro atoms. The van der Waals surface area contributed by atoms with E-state index in [4.69, 9.17) is 0 Å². The Morgan fingerprint density at radius 2 is 2.29 bits per heavy atom. The predicted octanol–water partition coefficient (Wildman–Crippen LogP) is 1.77. The summed E-state index contributed by atoms with van der Waals surface area (Å²) in [7, 11) is 0. The van der Waals surface area contributed by atoms with Crippen molar-refractivity contribution in [3.63, 3.8) is 0 Å². The van der Waals surface area contributed by atoms with Crippen LogP contribution >= 0.6 is 11.8 Å². The van der Waals surface area contributed by atoms with Crippen LogP contribution in [0, 0.1) is 13.8 Å².